The van der Waals surface area contributed by atoms with E-state index >= 15 is 0 Å². The monoisotopic (exact) mass is 589 g/mol. The third-order valence-corrected chi connectivity index (χ3v) is 7.69. The van der Waals surface area contributed by atoms with Crippen molar-refractivity contribution in [2.45, 2.75) is 19.0 Å². The van der Waals surface area contributed by atoms with Gasteiger partial charge in [-0.2, -0.15) is 0 Å². The zero-order chi connectivity index (χ0) is 29.8. The highest BCUT2D eigenvalue weighted by Gasteiger charge is 2.42. The van der Waals surface area contributed by atoms with Gasteiger partial charge < -0.3 is 29.6 Å². The molecule has 3 aromatic carbocycles. The molecule has 2 N–H and O–H groups in total. The number of nitrogens with one attached hydrogen (secondary N) is 2. The van der Waals surface area contributed by atoms with Crippen LogP contribution in [-0.2, 0) is 4.79 Å². The summed E-state index contributed by atoms with van der Waals surface area (Å²) in [6.07, 6.45) is 1.80. The Kier molecular flexibility index (Phi) is 8.06. The lowest BCUT2D eigenvalue weighted by atomic mass is 10.0. The lowest BCUT2D eigenvalue weighted by molar-refractivity contribution is -0.118. The summed E-state index contributed by atoms with van der Waals surface area (Å²) in [5.41, 5.74) is 5.61. The number of benzene rings is 3. The second-order valence-electron chi connectivity index (χ2n) is 10.1. The first-order chi connectivity index (χ1) is 21.0. The third kappa shape index (κ3) is 5.93. The number of rotatable bonds is 9. The highest BCUT2D eigenvalue weighted by molar-refractivity contribution is 7.80. The fourth-order valence-corrected chi connectivity index (χ4v) is 5.72. The number of pyridine rings is 1. The van der Waals surface area contributed by atoms with Crippen molar-refractivity contribution >= 4 is 34.6 Å². The fourth-order valence-electron chi connectivity index (χ4n) is 5.37. The van der Waals surface area contributed by atoms with Crippen molar-refractivity contribution in [1.82, 2.24) is 14.9 Å². The summed E-state index contributed by atoms with van der Waals surface area (Å²) in [6, 6.07) is 34.7. The Morgan fingerprint density at radius 3 is 2.30 bits per heavy atom. The number of hydrogen-bond donors (Lipinski definition) is 2. The minimum atomic E-state index is -0.240. The van der Waals surface area contributed by atoms with E-state index < -0.39 is 0 Å². The van der Waals surface area contributed by atoms with Crippen LogP contribution in [0.3, 0.4) is 0 Å². The number of carbonyl (C=O) groups excluding carboxylic acids is 1. The summed E-state index contributed by atoms with van der Waals surface area (Å²) in [5.74, 6) is 1.20. The number of methoxy groups -OCH3 is 1. The van der Waals surface area contributed by atoms with E-state index in [1.54, 1.807) is 13.3 Å². The molecule has 0 radical (unpaired) electrons. The predicted molar refractivity (Wildman–Crippen MR) is 172 cm³/mol. The van der Waals surface area contributed by atoms with Gasteiger partial charge in [0, 0.05) is 34.6 Å². The van der Waals surface area contributed by atoms with Gasteiger partial charge in [0.25, 0.3) is 5.91 Å². The second kappa shape index (κ2) is 12.4. The molecule has 3 heterocycles. The van der Waals surface area contributed by atoms with E-state index in [4.69, 9.17) is 21.7 Å². The van der Waals surface area contributed by atoms with E-state index in [0.717, 1.165) is 34.2 Å². The first-order valence-electron chi connectivity index (χ1n) is 13.9. The number of aryl methyl sites for hydroxylation is 1. The Morgan fingerprint density at radius 1 is 0.884 bits per heavy atom. The molecule has 216 valence electrons. The summed E-state index contributed by atoms with van der Waals surface area (Å²) in [5, 5.41) is 7.03. The van der Waals surface area contributed by atoms with Crippen molar-refractivity contribution in [2.75, 3.05) is 23.9 Å². The molecule has 0 saturated carbocycles. The van der Waals surface area contributed by atoms with Gasteiger partial charge in [-0.15, -0.1) is 0 Å². The van der Waals surface area contributed by atoms with Gasteiger partial charge in [0.15, 0.2) is 11.7 Å². The number of carbonyl (C=O) groups is 1. The lowest BCUT2D eigenvalue weighted by Crippen LogP contribution is -2.30. The van der Waals surface area contributed by atoms with Crippen molar-refractivity contribution in [3.8, 4) is 17.2 Å². The summed E-state index contributed by atoms with van der Waals surface area (Å²) in [7, 11) is 1.66. The molecule has 5 aromatic rings. The summed E-state index contributed by atoms with van der Waals surface area (Å²) in [6.45, 7) is 2.01. The van der Waals surface area contributed by atoms with Crippen molar-refractivity contribution < 1.29 is 14.3 Å². The topological polar surface area (TPSA) is 80.7 Å². The predicted octanol–water partition coefficient (Wildman–Crippen LogP) is 6.38. The molecule has 8 nitrogen and oxygen atoms in total. The van der Waals surface area contributed by atoms with Gasteiger partial charge in [0.2, 0.25) is 0 Å². The normalized spacial score (nSPS) is 16.0. The lowest BCUT2D eigenvalue weighted by Gasteiger charge is -2.29. The molecule has 43 heavy (non-hydrogen) atoms. The standard InChI is InChI=1S/C34H31N5O3S/c1-23-11-20-30(38(23)25-16-18-27(41-2)19-17-25)33-32(29-10-6-7-21-35-29)37-34(43)39(33)26-14-12-24(13-15-26)36-31(40)22-42-28-8-4-3-5-9-28/h3-21,32-33H,22H2,1-2H3,(H,36,40)(H,37,43)/t32-,33-/m1/s1. The molecule has 0 bridgehead atoms. The van der Waals surface area contributed by atoms with E-state index in [9.17, 15) is 4.79 Å². The minimum absolute atomic E-state index is 0.0819. The van der Waals surface area contributed by atoms with Gasteiger partial charge in [-0.3, -0.25) is 9.78 Å². The Balaban J connectivity index is 1.30. The minimum Gasteiger partial charge on any atom is -0.497 e. The number of thiocarbonyl (C=S) groups is 1. The first kappa shape index (κ1) is 28.0. The maximum atomic E-state index is 12.5. The third-order valence-electron chi connectivity index (χ3n) is 7.38. The average molecular weight is 590 g/mol. The van der Waals surface area contributed by atoms with Crippen molar-refractivity contribution in [2.24, 2.45) is 0 Å². The van der Waals surface area contributed by atoms with Crippen LogP contribution >= 0.6 is 12.2 Å². The molecule has 1 aliphatic rings. The molecule has 9 heteroatoms. The quantitative estimate of drug-likeness (QED) is 0.193. The van der Waals surface area contributed by atoms with Gasteiger partial charge in [-0.1, -0.05) is 24.3 Å². The van der Waals surface area contributed by atoms with Crippen molar-refractivity contribution in [3.05, 3.63) is 132 Å². The summed E-state index contributed by atoms with van der Waals surface area (Å²) < 4.78 is 13.2. The van der Waals surface area contributed by atoms with Gasteiger partial charge in [-0.05, 0) is 104 Å². The maximum absolute atomic E-state index is 12.5. The van der Waals surface area contributed by atoms with E-state index in [-0.39, 0.29) is 24.6 Å². The number of aromatic nitrogens is 2. The number of para-hydroxylation sites is 1. The Hall–Kier alpha value is -5.15. The Bertz CT molecular complexity index is 1710. The van der Waals surface area contributed by atoms with Gasteiger partial charge >= 0.3 is 0 Å². The molecule has 0 aliphatic carbocycles. The molecule has 0 spiro atoms. The number of ether oxygens (including phenoxy) is 2. The van der Waals surface area contributed by atoms with E-state index in [1.807, 2.05) is 84.9 Å². The fraction of sp³-hybridized carbons (Fsp3) is 0.147. The smallest absolute Gasteiger partial charge is 0.262 e. The molecule has 1 saturated heterocycles. The van der Waals surface area contributed by atoms with E-state index in [0.29, 0.717) is 16.5 Å². The average Bonchev–Trinajstić information content (AvgIpc) is 3.60. The highest BCUT2D eigenvalue weighted by atomic mass is 32.1. The summed E-state index contributed by atoms with van der Waals surface area (Å²) in [4.78, 5) is 19.3. The Morgan fingerprint density at radius 2 is 1.60 bits per heavy atom. The number of hydrogen-bond acceptors (Lipinski definition) is 5. The molecular weight excluding hydrogens is 558 g/mol. The molecule has 0 unspecified atom stereocenters. The molecule has 2 aromatic heterocycles. The zero-order valence-electron chi connectivity index (χ0n) is 23.8. The Labute approximate surface area is 255 Å². The number of anilines is 2. The summed E-state index contributed by atoms with van der Waals surface area (Å²) >= 11 is 5.93. The molecular formula is C34H31N5O3S. The molecule has 6 rings (SSSR count). The van der Waals surface area contributed by atoms with Crippen LogP contribution in [0.15, 0.2) is 115 Å². The van der Waals surface area contributed by atoms with Crippen LogP contribution in [0.4, 0.5) is 11.4 Å². The second-order valence-corrected chi connectivity index (χ2v) is 10.5. The maximum Gasteiger partial charge on any atom is 0.262 e. The molecule has 1 fully saturated rings. The van der Waals surface area contributed by atoms with E-state index in [2.05, 4.69) is 56.3 Å². The first-order valence-corrected chi connectivity index (χ1v) is 14.3. The molecule has 1 aliphatic heterocycles. The van der Waals surface area contributed by atoms with Crippen molar-refractivity contribution in [3.63, 3.8) is 0 Å². The van der Waals surface area contributed by atoms with Crippen LogP contribution in [-0.4, -0.2) is 34.3 Å². The van der Waals surface area contributed by atoms with Crippen LogP contribution in [0.25, 0.3) is 5.69 Å². The SMILES string of the molecule is COc1ccc(-n2c(C)ccc2[C@@H]2[C@@H](c3ccccn3)NC(=S)N2c2ccc(NC(=O)COc3ccccc3)cc2)cc1. The van der Waals surface area contributed by atoms with Crippen LogP contribution in [0.1, 0.15) is 29.2 Å². The van der Waals surface area contributed by atoms with E-state index in [1.165, 1.54) is 0 Å². The molecule has 2 atom stereocenters. The number of nitrogens with zero attached hydrogens (tertiary/aromatic N) is 3. The van der Waals surface area contributed by atoms with Crippen molar-refractivity contribution in [1.29, 1.82) is 0 Å². The zero-order valence-corrected chi connectivity index (χ0v) is 24.6. The van der Waals surface area contributed by atoms with Crippen LogP contribution in [0, 0.1) is 6.92 Å². The van der Waals surface area contributed by atoms with Gasteiger partial charge in [0.1, 0.15) is 17.5 Å². The van der Waals surface area contributed by atoms with Gasteiger partial charge in [0.05, 0.1) is 18.8 Å². The van der Waals surface area contributed by atoms with Gasteiger partial charge in [-0.25, -0.2) is 0 Å². The van der Waals surface area contributed by atoms with Crippen LogP contribution < -0.4 is 25.0 Å². The van der Waals surface area contributed by atoms with Crippen LogP contribution in [0.2, 0.25) is 0 Å². The number of amides is 1. The largest absolute Gasteiger partial charge is 0.497 e. The van der Waals surface area contributed by atoms with Crippen LogP contribution in [0.5, 0.6) is 11.5 Å². The molecule has 1 amide bonds. The highest BCUT2D eigenvalue weighted by Crippen LogP contribution is 2.43.